The molecule has 1 aromatic heterocycles. The van der Waals surface area contributed by atoms with Crippen LogP contribution in [-0.4, -0.2) is 34.5 Å². The predicted octanol–water partition coefficient (Wildman–Crippen LogP) is 2.39. The van der Waals surface area contributed by atoms with Crippen LogP contribution < -0.4 is 5.32 Å². The Kier molecular flexibility index (Phi) is 4.63. The van der Waals surface area contributed by atoms with Gasteiger partial charge in [-0.1, -0.05) is 6.92 Å². The second kappa shape index (κ2) is 6.65. The lowest BCUT2D eigenvalue weighted by Crippen LogP contribution is -2.45. The highest BCUT2D eigenvalue weighted by Crippen LogP contribution is 2.31. The summed E-state index contributed by atoms with van der Waals surface area (Å²) >= 11 is 0. The summed E-state index contributed by atoms with van der Waals surface area (Å²) in [7, 11) is 0. The molecule has 0 atom stereocenters. The predicted molar refractivity (Wildman–Crippen MR) is 83.9 cm³/mol. The highest BCUT2D eigenvalue weighted by atomic mass is 16.2. The van der Waals surface area contributed by atoms with Gasteiger partial charge < -0.3 is 14.8 Å². The van der Waals surface area contributed by atoms with E-state index in [9.17, 15) is 4.79 Å². The van der Waals surface area contributed by atoms with Gasteiger partial charge in [0.2, 0.25) is 5.91 Å². The summed E-state index contributed by atoms with van der Waals surface area (Å²) in [6.45, 7) is 6.11. The number of nitrogens with one attached hydrogen (secondary N) is 1. The lowest BCUT2D eigenvalue weighted by atomic mass is 10.0. The molecule has 1 aliphatic carbocycles. The summed E-state index contributed by atoms with van der Waals surface area (Å²) in [6.07, 6.45) is 7.75. The molecule has 116 valence electrons. The van der Waals surface area contributed by atoms with E-state index >= 15 is 0 Å². The summed E-state index contributed by atoms with van der Waals surface area (Å²) in [6, 6.07) is 4.89. The number of rotatable bonds is 6. The van der Waals surface area contributed by atoms with Gasteiger partial charge in [0.05, 0.1) is 0 Å². The molecule has 4 heteroatoms. The Hall–Kier alpha value is -1.29. The molecule has 1 amide bonds. The molecule has 1 saturated heterocycles. The standard InChI is InChI=1S/C17H27N3O/c1-2-9-19-10-3-4-16(19)13-18-15-7-11-20(12-8-15)17(21)14-5-6-14/h3-4,10,14-15,18H,2,5-9,11-13H2,1H3. The molecule has 0 unspecified atom stereocenters. The van der Waals surface area contributed by atoms with Crippen molar-refractivity contribution in [3.8, 4) is 0 Å². The molecule has 0 radical (unpaired) electrons. The quantitative estimate of drug-likeness (QED) is 0.873. The van der Waals surface area contributed by atoms with Gasteiger partial charge in [-0.15, -0.1) is 0 Å². The summed E-state index contributed by atoms with van der Waals surface area (Å²) in [5.41, 5.74) is 1.37. The zero-order valence-corrected chi connectivity index (χ0v) is 13.1. The Balaban J connectivity index is 1.42. The number of nitrogens with zero attached hydrogens (tertiary/aromatic N) is 2. The molecule has 2 fully saturated rings. The van der Waals surface area contributed by atoms with E-state index in [-0.39, 0.29) is 0 Å². The van der Waals surface area contributed by atoms with E-state index in [1.54, 1.807) is 0 Å². The van der Waals surface area contributed by atoms with E-state index in [0.717, 1.165) is 51.9 Å². The second-order valence-corrected chi connectivity index (χ2v) is 6.45. The minimum absolute atomic E-state index is 0.367. The van der Waals surface area contributed by atoms with Crippen molar-refractivity contribution in [2.24, 2.45) is 5.92 Å². The molecule has 0 bridgehead atoms. The van der Waals surface area contributed by atoms with Gasteiger partial charge in [0, 0.05) is 50.0 Å². The Morgan fingerprint density at radius 3 is 2.71 bits per heavy atom. The number of hydrogen-bond donors (Lipinski definition) is 1. The molecule has 1 aromatic rings. The molecule has 0 spiro atoms. The van der Waals surface area contributed by atoms with Crippen LogP contribution in [-0.2, 0) is 17.9 Å². The first-order chi connectivity index (χ1) is 10.3. The van der Waals surface area contributed by atoms with Gasteiger partial charge in [-0.3, -0.25) is 4.79 Å². The van der Waals surface area contributed by atoms with Crippen molar-refractivity contribution < 1.29 is 4.79 Å². The van der Waals surface area contributed by atoms with E-state index in [4.69, 9.17) is 0 Å². The van der Waals surface area contributed by atoms with Crippen molar-refractivity contribution in [1.82, 2.24) is 14.8 Å². The Bertz CT molecular complexity index is 470. The van der Waals surface area contributed by atoms with E-state index < -0.39 is 0 Å². The third kappa shape index (κ3) is 3.67. The average Bonchev–Trinajstić information content (AvgIpc) is 3.27. The smallest absolute Gasteiger partial charge is 0.225 e. The van der Waals surface area contributed by atoms with Crippen molar-refractivity contribution in [2.75, 3.05) is 13.1 Å². The molecule has 3 rings (SSSR count). The van der Waals surface area contributed by atoms with Crippen LogP contribution in [0.5, 0.6) is 0 Å². The van der Waals surface area contributed by atoms with E-state index in [1.807, 2.05) is 0 Å². The van der Waals surface area contributed by atoms with Crippen LogP contribution in [0.1, 0.15) is 44.7 Å². The Morgan fingerprint density at radius 2 is 2.05 bits per heavy atom. The summed E-state index contributed by atoms with van der Waals surface area (Å²) in [5.74, 6) is 0.775. The lowest BCUT2D eigenvalue weighted by molar-refractivity contribution is -0.133. The van der Waals surface area contributed by atoms with Crippen LogP contribution in [0.3, 0.4) is 0 Å². The fourth-order valence-corrected chi connectivity index (χ4v) is 3.21. The van der Waals surface area contributed by atoms with Gasteiger partial charge in [-0.2, -0.15) is 0 Å². The van der Waals surface area contributed by atoms with Crippen LogP contribution in [0.4, 0.5) is 0 Å². The molecule has 2 aliphatic rings. The van der Waals surface area contributed by atoms with Crippen LogP contribution in [0.2, 0.25) is 0 Å². The van der Waals surface area contributed by atoms with Crippen LogP contribution >= 0.6 is 0 Å². The van der Waals surface area contributed by atoms with Crippen molar-refractivity contribution in [3.63, 3.8) is 0 Å². The van der Waals surface area contributed by atoms with Crippen LogP contribution in [0, 0.1) is 5.92 Å². The SMILES string of the molecule is CCCn1cccc1CNC1CCN(C(=O)C2CC2)CC1. The molecule has 0 aromatic carbocycles. The summed E-state index contributed by atoms with van der Waals surface area (Å²) in [4.78, 5) is 14.1. The zero-order valence-electron chi connectivity index (χ0n) is 13.1. The number of likely N-dealkylation sites (tertiary alicyclic amines) is 1. The van der Waals surface area contributed by atoms with E-state index in [0.29, 0.717) is 17.9 Å². The summed E-state index contributed by atoms with van der Waals surface area (Å²) in [5, 5.41) is 3.67. The number of hydrogen-bond acceptors (Lipinski definition) is 2. The number of carbonyl (C=O) groups is 1. The first-order valence-corrected chi connectivity index (χ1v) is 8.44. The van der Waals surface area contributed by atoms with Crippen molar-refractivity contribution in [1.29, 1.82) is 0 Å². The first-order valence-electron chi connectivity index (χ1n) is 8.44. The maximum absolute atomic E-state index is 12.0. The average molecular weight is 289 g/mol. The van der Waals surface area contributed by atoms with Crippen molar-refractivity contribution in [3.05, 3.63) is 24.0 Å². The Labute approximate surface area is 127 Å². The number of aryl methyl sites for hydroxylation is 1. The van der Waals surface area contributed by atoms with Gasteiger partial charge in [0.25, 0.3) is 0 Å². The van der Waals surface area contributed by atoms with E-state index in [1.165, 1.54) is 12.1 Å². The van der Waals surface area contributed by atoms with Gasteiger partial charge >= 0.3 is 0 Å². The van der Waals surface area contributed by atoms with Gasteiger partial charge in [0.15, 0.2) is 0 Å². The molecular formula is C17H27N3O. The van der Waals surface area contributed by atoms with Gasteiger partial charge in [-0.25, -0.2) is 0 Å². The highest BCUT2D eigenvalue weighted by molar-refractivity contribution is 5.81. The zero-order chi connectivity index (χ0) is 14.7. The molecule has 1 N–H and O–H groups in total. The number of carbonyl (C=O) groups excluding carboxylic acids is 1. The normalized spacial score (nSPS) is 20.0. The van der Waals surface area contributed by atoms with Crippen molar-refractivity contribution >= 4 is 5.91 Å². The van der Waals surface area contributed by atoms with Gasteiger partial charge in [0.1, 0.15) is 0 Å². The topological polar surface area (TPSA) is 37.3 Å². The fourth-order valence-electron chi connectivity index (χ4n) is 3.21. The fraction of sp³-hybridized carbons (Fsp3) is 0.706. The van der Waals surface area contributed by atoms with Crippen molar-refractivity contribution in [2.45, 2.75) is 58.2 Å². The number of amides is 1. The van der Waals surface area contributed by atoms with E-state index in [2.05, 4.69) is 40.0 Å². The monoisotopic (exact) mass is 289 g/mol. The molecule has 21 heavy (non-hydrogen) atoms. The summed E-state index contributed by atoms with van der Waals surface area (Å²) < 4.78 is 2.33. The molecule has 1 saturated carbocycles. The lowest BCUT2D eigenvalue weighted by Gasteiger charge is -2.32. The third-order valence-electron chi connectivity index (χ3n) is 4.69. The minimum Gasteiger partial charge on any atom is -0.350 e. The third-order valence-corrected chi connectivity index (χ3v) is 4.69. The number of aromatic nitrogens is 1. The number of piperidine rings is 1. The van der Waals surface area contributed by atoms with Gasteiger partial charge in [-0.05, 0) is 44.2 Å². The second-order valence-electron chi connectivity index (χ2n) is 6.45. The van der Waals surface area contributed by atoms with Crippen LogP contribution in [0.15, 0.2) is 18.3 Å². The minimum atomic E-state index is 0.367. The van der Waals surface area contributed by atoms with Crippen LogP contribution in [0.25, 0.3) is 0 Å². The maximum atomic E-state index is 12.0. The first kappa shape index (κ1) is 14.6. The molecular weight excluding hydrogens is 262 g/mol. The largest absolute Gasteiger partial charge is 0.350 e. The molecule has 2 heterocycles. The Morgan fingerprint density at radius 1 is 1.29 bits per heavy atom. The molecule has 1 aliphatic heterocycles. The highest BCUT2D eigenvalue weighted by Gasteiger charge is 2.34. The molecule has 4 nitrogen and oxygen atoms in total. The maximum Gasteiger partial charge on any atom is 0.225 e.